The van der Waals surface area contributed by atoms with Gasteiger partial charge in [-0.25, -0.2) is 4.99 Å². The molecule has 0 aliphatic carbocycles. The zero-order chi connectivity index (χ0) is 20.8. The minimum Gasteiger partial charge on any atom is -0.349 e. The van der Waals surface area contributed by atoms with Crippen LogP contribution in [0.5, 0.6) is 0 Å². The SMILES string of the molecule is CN1CCN(C(=Nc2ccccc2)SCC(=O)Nc2cccc3ccccc23)CC1. The van der Waals surface area contributed by atoms with Gasteiger partial charge in [-0.05, 0) is 30.6 Å². The maximum absolute atomic E-state index is 12.7. The van der Waals surface area contributed by atoms with Crippen molar-refractivity contribution in [1.29, 1.82) is 0 Å². The fourth-order valence-corrected chi connectivity index (χ4v) is 4.32. The van der Waals surface area contributed by atoms with Crippen molar-refractivity contribution in [1.82, 2.24) is 9.80 Å². The Balaban J connectivity index is 1.46. The number of hydrogen-bond donors (Lipinski definition) is 1. The van der Waals surface area contributed by atoms with Crippen LogP contribution in [0.1, 0.15) is 0 Å². The molecule has 1 aliphatic heterocycles. The van der Waals surface area contributed by atoms with Gasteiger partial charge in [-0.1, -0.05) is 66.4 Å². The minimum absolute atomic E-state index is 0.0220. The van der Waals surface area contributed by atoms with Gasteiger partial charge in [0.2, 0.25) is 5.91 Å². The molecule has 1 amide bonds. The number of para-hydroxylation sites is 1. The van der Waals surface area contributed by atoms with E-state index in [1.807, 2.05) is 60.7 Å². The van der Waals surface area contributed by atoms with Crippen LogP contribution in [0.25, 0.3) is 10.8 Å². The van der Waals surface area contributed by atoms with Crippen molar-refractivity contribution < 1.29 is 4.79 Å². The highest BCUT2D eigenvalue weighted by atomic mass is 32.2. The number of piperazine rings is 1. The summed E-state index contributed by atoms with van der Waals surface area (Å²) in [5, 5.41) is 6.15. The van der Waals surface area contributed by atoms with Gasteiger partial charge in [-0.3, -0.25) is 4.79 Å². The summed E-state index contributed by atoms with van der Waals surface area (Å²) < 4.78 is 0. The lowest BCUT2D eigenvalue weighted by molar-refractivity contribution is -0.113. The number of likely N-dealkylation sites (N-methyl/N-ethyl adjacent to an activating group) is 1. The van der Waals surface area contributed by atoms with E-state index in [4.69, 9.17) is 4.99 Å². The second-order valence-corrected chi connectivity index (χ2v) is 8.33. The van der Waals surface area contributed by atoms with Crippen molar-refractivity contribution in [3.8, 4) is 0 Å². The summed E-state index contributed by atoms with van der Waals surface area (Å²) in [6.45, 7) is 3.83. The van der Waals surface area contributed by atoms with Gasteiger partial charge in [0.15, 0.2) is 5.17 Å². The average Bonchev–Trinajstić information content (AvgIpc) is 2.78. The van der Waals surface area contributed by atoms with Crippen molar-refractivity contribution in [2.45, 2.75) is 0 Å². The third kappa shape index (κ3) is 5.20. The van der Waals surface area contributed by atoms with Crippen molar-refractivity contribution in [2.24, 2.45) is 4.99 Å². The van der Waals surface area contributed by atoms with Crippen LogP contribution in [-0.2, 0) is 4.79 Å². The van der Waals surface area contributed by atoms with Crippen molar-refractivity contribution >= 4 is 45.0 Å². The quantitative estimate of drug-likeness (QED) is 0.502. The van der Waals surface area contributed by atoms with Crippen LogP contribution in [0.2, 0.25) is 0 Å². The topological polar surface area (TPSA) is 47.9 Å². The zero-order valence-corrected chi connectivity index (χ0v) is 17.9. The molecule has 3 aromatic carbocycles. The van der Waals surface area contributed by atoms with Gasteiger partial charge >= 0.3 is 0 Å². The van der Waals surface area contributed by atoms with Crippen LogP contribution in [0.3, 0.4) is 0 Å². The lowest BCUT2D eigenvalue weighted by Gasteiger charge is -2.34. The largest absolute Gasteiger partial charge is 0.349 e. The van der Waals surface area contributed by atoms with E-state index in [1.54, 1.807) is 0 Å². The number of amides is 1. The normalized spacial score (nSPS) is 15.4. The lowest BCUT2D eigenvalue weighted by atomic mass is 10.1. The number of benzene rings is 3. The summed E-state index contributed by atoms with van der Waals surface area (Å²) in [7, 11) is 2.14. The van der Waals surface area contributed by atoms with Gasteiger partial charge in [0.25, 0.3) is 0 Å². The first-order chi connectivity index (χ1) is 14.7. The van der Waals surface area contributed by atoms with Gasteiger partial charge in [0.05, 0.1) is 11.4 Å². The Morgan fingerprint density at radius 3 is 2.43 bits per heavy atom. The molecule has 1 fully saturated rings. The van der Waals surface area contributed by atoms with E-state index in [2.05, 4.69) is 34.3 Å². The molecule has 1 N–H and O–H groups in total. The minimum atomic E-state index is -0.0220. The number of amidine groups is 1. The van der Waals surface area contributed by atoms with E-state index in [1.165, 1.54) is 11.8 Å². The van der Waals surface area contributed by atoms with Crippen LogP contribution in [0, 0.1) is 0 Å². The molecule has 6 heteroatoms. The number of nitrogens with zero attached hydrogens (tertiary/aromatic N) is 3. The van der Waals surface area contributed by atoms with Gasteiger partial charge in [0, 0.05) is 37.3 Å². The number of thioether (sulfide) groups is 1. The fourth-order valence-electron chi connectivity index (χ4n) is 3.46. The van der Waals surface area contributed by atoms with Gasteiger partial charge in [0.1, 0.15) is 0 Å². The molecule has 5 nitrogen and oxygen atoms in total. The first-order valence-electron chi connectivity index (χ1n) is 10.2. The van der Waals surface area contributed by atoms with Crippen molar-refractivity contribution in [3.05, 3.63) is 72.8 Å². The number of carbonyl (C=O) groups excluding carboxylic acids is 1. The Hall–Kier alpha value is -2.83. The molecule has 0 saturated carbocycles. The van der Waals surface area contributed by atoms with Crippen LogP contribution in [0.4, 0.5) is 11.4 Å². The third-order valence-corrected chi connectivity index (χ3v) is 6.17. The molecular weight excluding hydrogens is 392 g/mol. The molecule has 1 aliphatic rings. The molecule has 0 atom stereocenters. The summed E-state index contributed by atoms with van der Waals surface area (Å²) in [4.78, 5) is 22.2. The summed E-state index contributed by atoms with van der Waals surface area (Å²) in [5.41, 5.74) is 1.76. The van der Waals surface area contributed by atoms with E-state index < -0.39 is 0 Å². The van der Waals surface area contributed by atoms with Gasteiger partial charge in [-0.15, -0.1) is 0 Å². The standard InChI is InChI=1S/C24H26N4OS/c1-27-14-16-28(17-15-27)24(25-20-10-3-2-4-11-20)30-18-23(29)26-22-13-7-9-19-8-5-6-12-21(19)22/h2-13H,14-18H2,1H3,(H,26,29). The molecule has 1 saturated heterocycles. The zero-order valence-electron chi connectivity index (χ0n) is 17.1. The number of aliphatic imine (C=N–C) groups is 1. The molecule has 1 heterocycles. The molecule has 0 bridgehead atoms. The van der Waals surface area contributed by atoms with Crippen LogP contribution >= 0.6 is 11.8 Å². The average molecular weight is 419 g/mol. The molecule has 0 aromatic heterocycles. The summed E-state index contributed by atoms with van der Waals surface area (Å²) in [6, 6.07) is 24.0. The second kappa shape index (κ2) is 9.78. The van der Waals surface area contributed by atoms with Crippen LogP contribution < -0.4 is 5.32 Å². The highest BCUT2D eigenvalue weighted by molar-refractivity contribution is 8.14. The highest BCUT2D eigenvalue weighted by Crippen LogP contribution is 2.24. The molecule has 0 spiro atoms. The van der Waals surface area contributed by atoms with Crippen LogP contribution in [0.15, 0.2) is 77.8 Å². The predicted octanol–water partition coefficient (Wildman–Crippen LogP) is 4.45. The Kier molecular flexibility index (Phi) is 6.67. The summed E-state index contributed by atoms with van der Waals surface area (Å²) >= 11 is 1.50. The lowest BCUT2D eigenvalue weighted by Crippen LogP contribution is -2.46. The Bertz CT molecular complexity index is 1020. The number of hydrogen-bond acceptors (Lipinski definition) is 4. The molecule has 30 heavy (non-hydrogen) atoms. The Morgan fingerprint density at radius 1 is 0.933 bits per heavy atom. The maximum atomic E-state index is 12.7. The number of rotatable bonds is 4. The van der Waals surface area contributed by atoms with Crippen molar-refractivity contribution in [2.75, 3.05) is 44.3 Å². The molecule has 154 valence electrons. The Morgan fingerprint density at radius 2 is 1.63 bits per heavy atom. The molecule has 3 aromatic rings. The number of fused-ring (bicyclic) bond motifs is 1. The molecule has 4 rings (SSSR count). The van der Waals surface area contributed by atoms with Gasteiger partial charge < -0.3 is 15.1 Å². The monoisotopic (exact) mass is 418 g/mol. The first kappa shape index (κ1) is 20.4. The van der Waals surface area contributed by atoms with Gasteiger partial charge in [-0.2, -0.15) is 0 Å². The number of carbonyl (C=O) groups is 1. The van der Waals surface area contributed by atoms with Crippen molar-refractivity contribution in [3.63, 3.8) is 0 Å². The van der Waals surface area contributed by atoms with Crippen LogP contribution in [-0.4, -0.2) is 59.9 Å². The summed E-state index contributed by atoms with van der Waals surface area (Å²) in [5.74, 6) is 0.299. The van der Waals surface area contributed by atoms with E-state index >= 15 is 0 Å². The molecule has 0 radical (unpaired) electrons. The molecular formula is C24H26N4OS. The number of nitrogens with one attached hydrogen (secondary N) is 1. The van der Waals surface area contributed by atoms with E-state index in [9.17, 15) is 4.79 Å². The molecule has 0 unspecified atom stereocenters. The van der Waals surface area contributed by atoms with E-state index in [0.717, 1.165) is 53.5 Å². The predicted molar refractivity (Wildman–Crippen MR) is 128 cm³/mol. The number of anilines is 1. The summed E-state index contributed by atoms with van der Waals surface area (Å²) in [6.07, 6.45) is 0. The smallest absolute Gasteiger partial charge is 0.234 e. The third-order valence-electron chi connectivity index (χ3n) is 5.15. The van der Waals surface area contributed by atoms with E-state index in [0.29, 0.717) is 5.75 Å². The fraction of sp³-hybridized carbons (Fsp3) is 0.250. The first-order valence-corrected chi connectivity index (χ1v) is 11.2. The maximum Gasteiger partial charge on any atom is 0.234 e. The highest BCUT2D eigenvalue weighted by Gasteiger charge is 2.19. The van der Waals surface area contributed by atoms with E-state index in [-0.39, 0.29) is 5.91 Å². The second-order valence-electron chi connectivity index (χ2n) is 7.38. The Labute approximate surface area is 181 Å².